The fourth-order valence-electron chi connectivity index (χ4n) is 1.87. The summed E-state index contributed by atoms with van der Waals surface area (Å²) >= 11 is 0. The molecule has 0 aliphatic carbocycles. The van der Waals surface area contributed by atoms with Crippen LogP contribution in [-0.2, 0) is 0 Å². The summed E-state index contributed by atoms with van der Waals surface area (Å²) in [6.07, 6.45) is 7.15. The van der Waals surface area contributed by atoms with Crippen molar-refractivity contribution in [3.63, 3.8) is 0 Å². The molecule has 1 N–H and O–H groups in total. The van der Waals surface area contributed by atoms with Gasteiger partial charge in [-0.25, -0.2) is 4.79 Å². The molecule has 0 bridgehead atoms. The minimum Gasteiger partial charge on any atom is -0.478 e. The van der Waals surface area contributed by atoms with Gasteiger partial charge in [0.15, 0.2) is 0 Å². The second-order valence-electron chi connectivity index (χ2n) is 5.33. The summed E-state index contributed by atoms with van der Waals surface area (Å²) in [5.74, 6) is -0.388. The number of hydrogen-bond donors (Lipinski definition) is 1. The van der Waals surface area contributed by atoms with Gasteiger partial charge in [-0.2, -0.15) is 0 Å². The van der Waals surface area contributed by atoms with Crippen LogP contribution in [0.3, 0.4) is 0 Å². The standard InChI is InChI=1S/C17H23NO2/c1-13(2)7-6-8-14(3)11-12-18-16-10-5-4-9-15(16)17(19)20/h4-5,7,9-10,12,14H,6,8,11H2,1-3H3,(H,19,20). The van der Waals surface area contributed by atoms with Gasteiger partial charge in [-0.3, -0.25) is 4.99 Å². The fourth-order valence-corrected chi connectivity index (χ4v) is 1.87. The van der Waals surface area contributed by atoms with E-state index in [9.17, 15) is 4.79 Å². The lowest BCUT2D eigenvalue weighted by atomic mass is 10.0. The molecule has 0 aliphatic heterocycles. The van der Waals surface area contributed by atoms with Crippen LogP contribution in [0.2, 0.25) is 0 Å². The Morgan fingerprint density at radius 2 is 2.05 bits per heavy atom. The van der Waals surface area contributed by atoms with Crippen molar-refractivity contribution in [3.8, 4) is 0 Å². The highest BCUT2D eigenvalue weighted by molar-refractivity contribution is 5.94. The van der Waals surface area contributed by atoms with Gasteiger partial charge in [-0.15, -0.1) is 0 Å². The van der Waals surface area contributed by atoms with Crippen LogP contribution in [0.25, 0.3) is 0 Å². The zero-order chi connectivity index (χ0) is 15.0. The molecule has 0 heterocycles. The Bertz CT molecular complexity index is 499. The van der Waals surface area contributed by atoms with Crippen LogP contribution < -0.4 is 0 Å². The van der Waals surface area contributed by atoms with Crippen LogP contribution in [0, 0.1) is 5.92 Å². The van der Waals surface area contributed by atoms with E-state index in [2.05, 4.69) is 31.8 Å². The molecule has 0 aliphatic rings. The number of carboxylic acids is 1. The molecule has 1 atom stereocenters. The van der Waals surface area contributed by atoms with Gasteiger partial charge < -0.3 is 5.11 Å². The molecule has 20 heavy (non-hydrogen) atoms. The predicted octanol–water partition coefficient (Wildman–Crippen LogP) is 4.86. The van der Waals surface area contributed by atoms with Gasteiger partial charge in [0.1, 0.15) is 0 Å². The van der Waals surface area contributed by atoms with Crippen LogP contribution in [0.1, 0.15) is 50.4 Å². The number of hydrogen-bond acceptors (Lipinski definition) is 2. The first-order valence-electron chi connectivity index (χ1n) is 6.99. The van der Waals surface area contributed by atoms with Crippen molar-refractivity contribution in [1.82, 2.24) is 0 Å². The summed E-state index contributed by atoms with van der Waals surface area (Å²) in [6.45, 7) is 6.40. The van der Waals surface area contributed by atoms with Crippen LogP contribution in [-0.4, -0.2) is 17.3 Å². The average molecular weight is 273 g/mol. The number of aromatic carboxylic acids is 1. The zero-order valence-electron chi connectivity index (χ0n) is 12.5. The minimum atomic E-state index is -0.936. The van der Waals surface area contributed by atoms with Crippen molar-refractivity contribution in [2.45, 2.75) is 40.0 Å². The molecule has 0 saturated heterocycles. The third kappa shape index (κ3) is 5.83. The van der Waals surface area contributed by atoms with Crippen molar-refractivity contribution in [3.05, 3.63) is 41.5 Å². The molecule has 0 aromatic heterocycles. The molecule has 0 saturated carbocycles. The topological polar surface area (TPSA) is 49.7 Å². The molecule has 108 valence electrons. The highest BCUT2D eigenvalue weighted by Crippen LogP contribution is 2.19. The van der Waals surface area contributed by atoms with E-state index >= 15 is 0 Å². The Labute approximate surface area is 121 Å². The van der Waals surface area contributed by atoms with Crippen molar-refractivity contribution in [2.24, 2.45) is 10.9 Å². The summed E-state index contributed by atoms with van der Waals surface area (Å²) in [7, 11) is 0. The third-order valence-corrected chi connectivity index (χ3v) is 3.08. The minimum absolute atomic E-state index is 0.251. The highest BCUT2D eigenvalue weighted by Gasteiger charge is 2.07. The second kappa shape index (κ2) is 8.31. The number of para-hydroxylation sites is 1. The summed E-state index contributed by atoms with van der Waals surface area (Å²) in [6, 6.07) is 6.82. The first-order chi connectivity index (χ1) is 9.50. The maximum Gasteiger partial charge on any atom is 0.337 e. The van der Waals surface area contributed by atoms with Gasteiger partial charge in [-0.05, 0) is 51.2 Å². The molecular weight excluding hydrogens is 250 g/mol. The fraction of sp³-hybridized carbons (Fsp3) is 0.412. The molecular formula is C17H23NO2. The van der Waals surface area contributed by atoms with Crippen LogP contribution >= 0.6 is 0 Å². The Balaban J connectivity index is 2.53. The number of allylic oxidation sites excluding steroid dienone is 2. The number of aliphatic imine (C=N–C) groups is 1. The zero-order valence-corrected chi connectivity index (χ0v) is 12.5. The van der Waals surface area contributed by atoms with Crippen molar-refractivity contribution in [2.75, 3.05) is 0 Å². The maximum atomic E-state index is 11.0. The molecule has 0 spiro atoms. The average Bonchev–Trinajstić information content (AvgIpc) is 2.38. The second-order valence-corrected chi connectivity index (χ2v) is 5.33. The lowest BCUT2D eigenvalue weighted by Crippen LogP contribution is -1.97. The number of carboxylic acid groups (broad SMARTS) is 1. The first-order valence-corrected chi connectivity index (χ1v) is 6.99. The Morgan fingerprint density at radius 1 is 1.35 bits per heavy atom. The van der Waals surface area contributed by atoms with Crippen molar-refractivity contribution in [1.29, 1.82) is 0 Å². The molecule has 0 radical (unpaired) electrons. The molecule has 1 aromatic carbocycles. The van der Waals surface area contributed by atoms with E-state index in [0.717, 1.165) is 19.3 Å². The maximum absolute atomic E-state index is 11.0. The first kappa shape index (κ1) is 16.2. The van der Waals surface area contributed by atoms with Gasteiger partial charge in [0.05, 0.1) is 11.3 Å². The summed E-state index contributed by atoms with van der Waals surface area (Å²) in [5.41, 5.74) is 2.12. The number of rotatable bonds is 7. The van der Waals surface area contributed by atoms with E-state index in [0.29, 0.717) is 11.6 Å². The van der Waals surface area contributed by atoms with E-state index in [4.69, 9.17) is 5.11 Å². The van der Waals surface area contributed by atoms with Gasteiger partial charge in [0, 0.05) is 6.21 Å². The molecule has 0 fully saturated rings. The Morgan fingerprint density at radius 3 is 2.70 bits per heavy atom. The van der Waals surface area contributed by atoms with Gasteiger partial charge >= 0.3 is 5.97 Å². The molecule has 3 nitrogen and oxygen atoms in total. The molecule has 1 aromatic rings. The quantitative estimate of drug-likeness (QED) is 0.569. The molecule has 1 unspecified atom stereocenters. The van der Waals surface area contributed by atoms with Crippen molar-refractivity contribution < 1.29 is 9.90 Å². The Kier molecular flexibility index (Phi) is 6.71. The highest BCUT2D eigenvalue weighted by atomic mass is 16.4. The van der Waals surface area contributed by atoms with Crippen LogP contribution in [0.4, 0.5) is 5.69 Å². The van der Waals surface area contributed by atoms with E-state index in [1.807, 2.05) is 6.21 Å². The van der Waals surface area contributed by atoms with Crippen LogP contribution in [0.15, 0.2) is 40.9 Å². The Hall–Kier alpha value is -1.90. The van der Waals surface area contributed by atoms with E-state index in [1.165, 1.54) is 5.57 Å². The number of carbonyl (C=O) groups is 1. The van der Waals surface area contributed by atoms with Crippen LogP contribution in [0.5, 0.6) is 0 Å². The largest absolute Gasteiger partial charge is 0.478 e. The predicted molar refractivity (Wildman–Crippen MR) is 84.0 cm³/mol. The lowest BCUT2D eigenvalue weighted by molar-refractivity contribution is 0.0698. The van der Waals surface area contributed by atoms with Gasteiger partial charge in [0.2, 0.25) is 0 Å². The smallest absolute Gasteiger partial charge is 0.337 e. The summed E-state index contributed by atoms with van der Waals surface area (Å²) in [5, 5.41) is 9.06. The monoisotopic (exact) mass is 273 g/mol. The summed E-state index contributed by atoms with van der Waals surface area (Å²) in [4.78, 5) is 15.3. The number of benzene rings is 1. The van der Waals surface area contributed by atoms with E-state index in [-0.39, 0.29) is 5.56 Å². The molecule has 1 rings (SSSR count). The SMILES string of the molecule is CC(C)=CCCC(C)CC=Nc1ccccc1C(=O)O. The number of nitrogens with zero attached hydrogens (tertiary/aromatic N) is 1. The van der Waals surface area contributed by atoms with Gasteiger partial charge in [-0.1, -0.05) is 30.7 Å². The lowest BCUT2D eigenvalue weighted by Gasteiger charge is -2.06. The normalized spacial score (nSPS) is 12.3. The van der Waals surface area contributed by atoms with E-state index < -0.39 is 5.97 Å². The van der Waals surface area contributed by atoms with E-state index in [1.54, 1.807) is 24.3 Å². The molecule has 3 heteroatoms. The third-order valence-electron chi connectivity index (χ3n) is 3.08. The summed E-state index contributed by atoms with van der Waals surface area (Å²) < 4.78 is 0. The van der Waals surface area contributed by atoms with Crippen molar-refractivity contribution >= 4 is 17.9 Å². The molecule has 0 amide bonds. The van der Waals surface area contributed by atoms with Gasteiger partial charge in [0.25, 0.3) is 0 Å².